The van der Waals surface area contributed by atoms with E-state index in [2.05, 4.69) is 93.8 Å². The molecule has 0 spiro atoms. The van der Waals surface area contributed by atoms with Crippen LogP contribution in [-0.4, -0.2) is 41.7 Å². The Morgan fingerprint density at radius 1 is 0.700 bits per heavy atom. The highest BCUT2D eigenvalue weighted by Gasteiger charge is 2.20. The maximum absolute atomic E-state index is 5.90. The zero-order chi connectivity index (χ0) is 25.3. The number of nitrogens with zero attached hydrogens (tertiary/aromatic N) is 3. The van der Waals surface area contributed by atoms with E-state index in [-0.39, 0.29) is 37.2 Å². The number of likely N-dealkylation sites (tertiary alicyclic amines) is 1. The van der Waals surface area contributed by atoms with E-state index in [1.165, 1.54) is 66.6 Å². The number of hydrogen-bond acceptors (Lipinski definition) is 4. The van der Waals surface area contributed by atoms with E-state index in [4.69, 9.17) is 5.84 Å². The molecule has 5 rings (SSSR count). The first-order valence-electron chi connectivity index (χ1n) is 14.2. The molecule has 2 heterocycles. The summed E-state index contributed by atoms with van der Waals surface area (Å²) in [6, 6.07) is 28.6. The summed E-state index contributed by atoms with van der Waals surface area (Å²) in [5.74, 6) is 6.73. The molecule has 3 aromatic carbocycles. The third-order valence-corrected chi connectivity index (χ3v) is 8.32. The van der Waals surface area contributed by atoms with Gasteiger partial charge in [0.15, 0.2) is 0 Å². The lowest BCUT2D eigenvalue weighted by atomic mass is 9.90. The van der Waals surface area contributed by atoms with Gasteiger partial charge in [-0.25, -0.2) is 0 Å². The Morgan fingerprint density at radius 3 is 1.82 bits per heavy atom. The van der Waals surface area contributed by atoms with E-state index < -0.39 is 0 Å². The summed E-state index contributed by atoms with van der Waals surface area (Å²) in [4.78, 5) is 5.19. The minimum atomic E-state index is 0. The fourth-order valence-electron chi connectivity index (χ4n) is 6.07. The minimum Gasteiger partial charge on any atom is -0.323 e. The Labute approximate surface area is 259 Å². The highest BCUT2D eigenvalue weighted by atomic mass is 35.5. The zero-order valence-corrected chi connectivity index (χ0v) is 25.9. The van der Waals surface area contributed by atoms with Crippen LogP contribution in [0.5, 0.6) is 0 Å². The lowest BCUT2D eigenvalue weighted by Crippen LogP contribution is -2.33. The van der Waals surface area contributed by atoms with Crippen molar-refractivity contribution in [2.24, 2.45) is 16.9 Å². The predicted molar refractivity (Wildman–Crippen MR) is 176 cm³/mol. The van der Waals surface area contributed by atoms with E-state index in [1.807, 2.05) is 0 Å². The molecular weight excluding hydrogens is 559 g/mol. The van der Waals surface area contributed by atoms with E-state index in [0.29, 0.717) is 0 Å². The molecule has 0 bridgehead atoms. The van der Waals surface area contributed by atoms with Gasteiger partial charge in [0.05, 0.1) is 5.71 Å². The number of fused-ring (bicyclic) bond motifs is 1. The highest BCUT2D eigenvalue weighted by Crippen LogP contribution is 2.25. The Hall–Kier alpha value is -2.08. The normalized spacial score (nSPS) is 16.6. The van der Waals surface area contributed by atoms with Crippen LogP contribution in [0.3, 0.4) is 0 Å². The average Bonchev–Trinajstić information content (AvgIpc) is 3.15. The molecule has 1 fully saturated rings. The van der Waals surface area contributed by atoms with Crippen molar-refractivity contribution in [2.45, 2.75) is 58.0 Å². The summed E-state index contributed by atoms with van der Waals surface area (Å²) >= 11 is 0. The van der Waals surface area contributed by atoms with E-state index in [0.717, 1.165) is 57.1 Å². The molecule has 1 saturated heterocycles. The van der Waals surface area contributed by atoms with Gasteiger partial charge in [0, 0.05) is 26.2 Å². The zero-order valence-electron chi connectivity index (χ0n) is 23.4. The fourth-order valence-corrected chi connectivity index (χ4v) is 6.07. The number of hydrazone groups is 1. The van der Waals surface area contributed by atoms with Crippen LogP contribution in [0.1, 0.15) is 59.9 Å². The van der Waals surface area contributed by atoms with Gasteiger partial charge in [0.25, 0.3) is 0 Å². The van der Waals surface area contributed by atoms with Gasteiger partial charge in [-0.2, -0.15) is 5.10 Å². The lowest BCUT2D eigenvalue weighted by molar-refractivity contribution is 0.171. The quantitative estimate of drug-likeness (QED) is 0.159. The van der Waals surface area contributed by atoms with Crippen molar-refractivity contribution in [3.05, 3.63) is 107 Å². The SMILES string of the molecule is Cl.Cl.Cl.NN=C(CCCC1CCN(Cc2ccccc2)CC1)c1ccc2c(c1)CCN(Cc1ccccc1)CC2. The molecule has 0 amide bonds. The van der Waals surface area contributed by atoms with Crippen LogP contribution in [0, 0.1) is 5.92 Å². The first kappa shape index (κ1) is 34.1. The molecule has 0 atom stereocenters. The topological polar surface area (TPSA) is 44.9 Å². The molecule has 2 aliphatic rings. The lowest BCUT2D eigenvalue weighted by Gasteiger charge is -2.32. The molecule has 40 heavy (non-hydrogen) atoms. The van der Waals surface area contributed by atoms with E-state index in [1.54, 1.807) is 0 Å². The summed E-state index contributed by atoms with van der Waals surface area (Å²) in [5.41, 5.74) is 8.06. The summed E-state index contributed by atoms with van der Waals surface area (Å²) in [6.45, 7) is 6.75. The number of nitrogens with two attached hydrogens (primary N) is 1. The number of hydrogen-bond donors (Lipinski definition) is 1. The second-order valence-electron chi connectivity index (χ2n) is 10.9. The van der Waals surface area contributed by atoms with Gasteiger partial charge in [-0.05, 0) is 97.8 Å². The molecule has 0 aromatic heterocycles. The van der Waals surface area contributed by atoms with Crippen molar-refractivity contribution in [1.29, 1.82) is 0 Å². The molecule has 4 nitrogen and oxygen atoms in total. The largest absolute Gasteiger partial charge is 0.323 e. The Kier molecular flexibility index (Phi) is 15.1. The third-order valence-electron chi connectivity index (χ3n) is 8.32. The van der Waals surface area contributed by atoms with Crippen molar-refractivity contribution in [3.63, 3.8) is 0 Å². The standard InChI is InChI=1S/C33H42N4.3ClH/c34-35-33(13-7-12-27-16-20-36(21-17-27)25-28-8-3-1-4-9-28)32-15-14-30-18-22-37(23-19-31(30)24-32)26-29-10-5-2-6-11-29;;;/h1-6,8-11,14-15,24,27H,7,12-13,16-23,25-26,34H2;3*1H. The van der Waals surface area contributed by atoms with Gasteiger partial charge in [-0.15, -0.1) is 37.2 Å². The first-order valence-corrected chi connectivity index (χ1v) is 14.2. The van der Waals surface area contributed by atoms with Crippen molar-refractivity contribution in [3.8, 4) is 0 Å². The summed E-state index contributed by atoms with van der Waals surface area (Å²) in [5, 5.41) is 4.24. The second kappa shape index (κ2) is 17.7. The van der Waals surface area contributed by atoms with Gasteiger partial charge in [-0.1, -0.05) is 72.8 Å². The molecular formula is C33H45Cl3N4. The van der Waals surface area contributed by atoms with Crippen LogP contribution >= 0.6 is 37.2 Å². The van der Waals surface area contributed by atoms with Crippen LogP contribution < -0.4 is 5.84 Å². The summed E-state index contributed by atoms with van der Waals surface area (Å²) in [7, 11) is 0. The maximum atomic E-state index is 5.90. The number of halogens is 3. The van der Waals surface area contributed by atoms with Crippen LogP contribution in [0.2, 0.25) is 0 Å². The molecule has 2 aliphatic heterocycles. The average molecular weight is 604 g/mol. The van der Waals surface area contributed by atoms with Crippen LogP contribution in [0.15, 0.2) is 84.0 Å². The van der Waals surface area contributed by atoms with Crippen molar-refractivity contribution < 1.29 is 0 Å². The minimum absolute atomic E-state index is 0. The van der Waals surface area contributed by atoms with Crippen LogP contribution in [0.4, 0.5) is 0 Å². The van der Waals surface area contributed by atoms with Crippen LogP contribution in [0.25, 0.3) is 0 Å². The Bertz CT molecular complexity index is 1150. The second-order valence-corrected chi connectivity index (χ2v) is 10.9. The van der Waals surface area contributed by atoms with E-state index in [9.17, 15) is 0 Å². The molecule has 0 saturated carbocycles. The molecule has 3 aromatic rings. The maximum Gasteiger partial charge on any atom is 0.0672 e. The molecule has 0 unspecified atom stereocenters. The number of benzene rings is 3. The smallest absolute Gasteiger partial charge is 0.0672 e. The van der Waals surface area contributed by atoms with Gasteiger partial charge in [0.1, 0.15) is 0 Å². The molecule has 0 radical (unpaired) electrons. The first-order chi connectivity index (χ1) is 18.3. The van der Waals surface area contributed by atoms with Crippen molar-refractivity contribution in [2.75, 3.05) is 26.2 Å². The highest BCUT2D eigenvalue weighted by molar-refractivity contribution is 6.00. The van der Waals surface area contributed by atoms with Gasteiger partial charge in [0.2, 0.25) is 0 Å². The molecule has 218 valence electrons. The van der Waals surface area contributed by atoms with Crippen molar-refractivity contribution >= 4 is 42.9 Å². The number of rotatable bonds is 9. The molecule has 0 aliphatic carbocycles. The Balaban J connectivity index is 0.00000187. The molecule has 2 N–H and O–H groups in total. The summed E-state index contributed by atoms with van der Waals surface area (Å²) in [6.07, 6.45) is 8.23. The summed E-state index contributed by atoms with van der Waals surface area (Å²) < 4.78 is 0. The third kappa shape index (κ3) is 9.78. The van der Waals surface area contributed by atoms with Gasteiger partial charge >= 0.3 is 0 Å². The predicted octanol–water partition coefficient (Wildman–Crippen LogP) is 7.30. The van der Waals surface area contributed by atoms with Crippen molar-refractivity contribution in [1.82, 2.24) is 9.80 Å². The van der Waals surface area contributed by atoms with Gasteiger partial charge < -0.3 is 5.84 Å². The van der Waals surface area contributed by atoms with E-state index >= 15 is 0 Å². The monoisotopic (exact) mass is 602 g/mol. The van der Waals surface area contributed by atoms with Gasteiger partial charge in [-0.3, -0.25) is 9.80 Å². The molecule has 7 heteroatoms. The number of piperidine rings is 1. The Morgan fingerprint density at radius 2 is 1.25 bits per heavy atom. The van der Waals surface area contributed by atoms with Crippen LogP contribution in [-0.2, 0) is 25.9 Å². The fraction of sp³-hybridized carbons (Fsp3) is 0.424.